The van der Waals surface area contributed by atoms with Crippen LogP contribution < -0.4 is 9.47 Å². The number of benzene rings is 1. The van der Waals surface area contributed by atoms with E-state index in [0.717, 1.165) is 18.4 Å². The standard InChI is InChI=1S/C17H21NO5/c1-21-12-5-4-11(14(8-12)22-2)9-18-10-13(15(19)23-3)17(6-7-17)16(18)20/h4-5,8,13H,6-7,9-10H2,1-3H3. The molecule has 3 rings (SSSR count). The van der Waals surface area contributed by atoms with Gasteiger partial charge < -0.3 is 19.1 Å². The molecule has 1 aliphatic heterocycles. The number of hydrogen-bond donors (Lipinski definition) is 0. The Morgan fingerprint density at radius 2 is 2.00 bits per heavy atom. The van der Waals surface area contributed by atoms with Crippen LogP contribution in [0.4, 0.5) is 0 Å². The Morgan fingerprint density at radius 3 is 2.57 bits per heavy atom. The highest BCUT2D eigenvalue weighted by Gasteiger charge is 2.64. The highest BCUT2D eigenvalue weighted by molar-refractivity contribution is 5.94. The molecule has 23 heavy (non-hydrogen) atoms. The molecule has 1 amide bonds. The predicted octanol–water partition coefficient (Wildman–Crippen LogP) is 1.62. The Labute approximate surface area is 135 Å². The number of rotatable bonds is 5. The number of carbonyl (C=O) groups excluding carboxylic acids is 2. The van der Waals surface area contributed by atoms with Gasteiger partial charge in [0.2, 0.25) is 5.91 Å². The van der Waals surface area contributed by atoms with Crippen LogP contribution in [-0.2, 0) is 20.9 Å². The van der Waals surface area contributed by atoms with Crippen molar-refractivity contribution in [2.45, 2.75) is 19.4 Å². The lowest BCUT2D eigenvalue weighted by Crippen LogP contribution is -2.27. The normalized spacial score (nSPS) is 21.4. The van der Waals surface area contributed by atoms with Crippen molar-refractivity contribution in [1.82, 2.24) is 4.90 Å². The summed E-state index contributed by atoms with van der Waals surface area (Å²) in [5.74, 6) is 0.767. The van der Waals surface area contributed by atoms with Gasteiger partial charge in [0.25, 0.3) is 0 Å². The monoisotopic (exact) mass is 319 g/mol. The first kappa shape index (κ1) is 15.6. The molecule has 0 radical (unpaired) electrons. The molecule has 0 bridgehead atoms. The van der Waals surface area contributed by atoms with Crippen LogP contribution >= 0.6 is 0 Å². The second-order valence-corrected chi connectivity index (χ2v) is 6.10. The third-order valence-corrected chi connectivity index (χ3v) is 4.91. The van der Waals surface area contributed by atoms with Crippen molar-refractivity contribution >= 4 is 11.9 Å². The summed E-state index contributed by atoms with van der Waals surface area (Å²) in [4.78, 5) is 26.4. The van der Waals surface area contributed by atoms with Gasteiger partial charge in [0, 0.05) is 24.7 Å². The van der Waals surface area contributed by atoms with Crippen molar-refractivity contribution in [1.29, 1.82) is 0 Å². The lowest BCUT2D eigenvalue weighted by molar-refractivity contribution is -0.148. The number of hydrogen-bond acceptors (Lipinski definition) is 5. The van der Waals surface area contributed by atoms with Gasteiger partial charge in [-0.1, -0.05) is 0 Å². The first-order valence-corrected chi connectivity index (χ1v) is 7.64. The van der Waals surface area contributed by atoms with Crippen LogP contribution in [0.5, 0.6) is 11.5 Å². The van der Waals surface area contributed by atoms with Crippen LogP contribution in [-0.4, -0.2) is 44.7 Å². The van der Waals surface area contributed by atoms with E-state index in [9.17, 15) is 9.59 Å². The van der Waals surface area contributed by atoms with Gasteiger partial charge in [-0.2, -0.15) is 0 Å². The molecule has 1 aromatic carbocycles. The third-order valence-electron chi connectivity index (χ3n) is 4.91. The number of carbonyl (C=O) groups is 2. The van der Waals surface area contributed by atoms with Gasteiger partial charge in [0.05, 0.1) is 32.7 Å². The van der Waals surface area contributed by atoms with Crippen LogP contribution in [0.3, 0.4) is 0 Å². The van der Waals surface area contributed by atoms with E-state index >= 15 is 0 Å². The summed E-state index contributed by atoms with van der Waals surface area (Å²) in [6, 6.07) is 5.51. The molecule has 1 heterocycles. The first-order chi connectivity index (χ1) is 11.1. The maximum absolute atomic E-state index is 12.7. The van der Waals surface area contributed by atoms with Gasteiger partial charge >= 0.3 is 5.97 Å². The Kier molecular flexibility index (Phi) is 3.92. The van der Waals surface area contributed by atoms with Crippen LogP contribution in [0, 0.1) is 11.3 Å². The second kappa shape index (κ2) is 5.76. The molecule has 1 unspecified atom stereocenters. The number of nitrogens with zero attached hydrogens (tertiary/aromatic N) is 1. The van der Waals surface area contributed by atoms with E-state index in [2.05, 4.69) is 0 Å². The van der Waals surface area contributed by atoms with Crippen molar-refractivity contribution in [2.75, 3.05) is 27.9 Å². The van der Waals surface area contributed by atoms with E-state index in [-0.39, 0.29) is 17.8 Å². The molecule has 6 heteroatoms. The van der Waals surface area contributed by atoms with Crippen LogP contribution in [0.2, 0.25) is 0 Å². The molecule has 2 fully saturated rings. The number of esters is 1. The molecule has 0 aromatic heterocycles. The molecule has 1 saturated carbocycles. The lowest BCUT2D eigenvalue weighted by Gasteiger charge is -2.18. The van der Waals surface area contributed by atoms with Crippen LogP contribution in [0.15, 0.2) is 18.2 Å². The molecule has 0 N–H and O–H groups in total. The van der Waals surface area contributed by atoms with E-state index in [4.69, 9.17) is 14.2 Å². The van der Waals surface area contributed by atoms with E-state index < -0.39 is 5.41 Å². The summed E-state index contributed by atoms with van der Waals surface area (Å²) in [5.41, 5.74) is 0.371. The lowest BCUT2D eigenvalue weighted by atomic mass is 9.92. The summed E-state index contributed by atoms with van der Waals surface area (Å²) in [6.07, 6.45) is 1.53. The van der Waals surface area contributed by atoms with Gasteiger partial charge in [-0.3, -0.25) is 9.59 Å². The zero-order valence-corrected chi connectivity index (χ0v) is 13.6. The first-order valence-electron chi connectivity index (χ1n) is 7.64. The van der Waals surface area contributed by atoms with Gasteiger partial charge in [-0.25, -0.2) is 0 Å². The number of amides is 1. The summed E-state index contributed by atoms with van der Waals surface area (Å²) in [7, 11) is 4.55. The van der Waals surface area contributed by atoms with Crippen molar-refractivity contribution in [3.05, 3.63) is 23.8 Å². The molecule has 1 aromatic rings. The van der Waals surface area contributed by atoms with Crippen molar-refractivity contribution in [3.8, 4) is 11.5 Å². The quantitative estimate of drug-likeness (QED) is 0.772. The number of likely N-dealkylation sites (tertiary alicyclic amines) is 1. The largest absolute Gasteiger partial charge is 0.497 e. The van der Waals surface area contributed by atoms with Crippen LogP contribution in [0.1, 0.15) is 18.4 Å². The number of ether oxygens (including phenoxy) is 3. The van der Waals surface area contributed by atoms with E-state index in [0.29, 0.717) is 24.6 Å². The molecule has 1 spiro atoms. The summed E-state index contributed by atoms with van der Waals surface area (Å²) in [5, 5.41) is 0. The average Bonchev–Trinajstić information content (AvgIpc) is 3.33. The summed E-state index contributed by atoms with van der Waals surface area (Å²) in [6.45, 7) is 0.821. The Balaban J connectivity index is 1.81. The van der Waals surface area contributed by atoms with Crippen molar-refractivity contribution < 1.29 is 23.8 Å². The van der Waals surface area contributed by atoms with Gasteiger partial charge in [-0.15, -0.1) is 0 Å². The fourth-order valence-electron chi connectivity index (χ4n) is 3.41. The SMILES string of the molecule is COC(=O)C1CN(Cc2ccc(OC)cc2OC)C(=O)C12CC2. The summed E-state index contributed by atoms with van der Waals surface area (Å²) >= 11 is 0. The molecule has 1 atom stereocenters. The Morgan fingerprint density at radius 1 is 1.26 bits per heavy atom. The maximum Gasteiger partial charge on any atom is 0.311 e. The topological polar surface area (TPSA) is 65.1 Å². The fourth-order valence-corrected chi connectivity index (χ4v) is 3.41. The molecule has 1 saturated heterocycles. The van der Waals surface area contributed by atoms with E-state index in [1.807, 2.05) is 12.1 Å². The van der Waals surface area contributed by atoms with Crippen molar-refractivity contribution in [2.24, 2.45) is 11.3 Å². The molecule has 124 valence electrons. The van der Waals surface area contributed by atoms with Crippen LogP contribution in [0.25, 0.3) is 0 Å². The highest BCUT2D eigenvalue weighted by atomic mass is 16.5. The van der Waals surface area contributed by atoms with Crippen molar-refractivity contribution in [3.63, 3.8) is 0 Å². The molecule has 1 aliphatic carbocycles. The predicted molar refractivity (Wildman–Crippen MR) is 82.1 cm³/mol. The molecule has 6 nitrogen and oxygen atoms in total. The van der Waals surface area contributed by atoms with E-state index in [1.165, 1.54) is 7.11 Å². The minimum Gasteiger partial charge on any atom is -0.497 e. The minimum absolute atomic E-state index is 0.0470. The average molecular weight is 319 g/mol. The zero-order chi connectivity index (χ0) is 16.6. The molecular weight excluding hydrogens is 298 g/mol. The maximum atomic E-state index is 12.7. The molecule has 2 aliphatic rings. The third kappa shape index (κ3) is 2.52. The van der Waals surface area contributed by atoms with E-state index in [1.54, 1.807) is 25.2 Å². The highest BCUT2D eigenvalue weighted by Crippen LogP contribution is 2.57. The van der Waals surface area contributed by atoms with Gasteiger partial charge in [-0.05, 0) is 25.0 Å². The number of methoxy groups -OCH3 is 3. The smallest absolute Gasteiger partial charge is 0.311 e. The fraction of sp³-hybridized carbons (Fsp3) is 0.529. The Hall–Kier alpha value is -2.24. The second-order valence-electron chi connectivity index (χ2n) is 6.10. The molecular formula is C17H21NO5. The zero-order valence-electron chi connectivity index (χ0n) is 13.6. The van der Waals surface area contributed by atoms with Gasteiger partial charge in [0.15, 0.2) is 0 Å². The minimum atomic E-state index is -0.521. The van der Waals surface area contributed by atoms with Gasteiger partial charge in [0.1, 0.15) is 11.5 Å². The Bertz CT molecular complexity index is 638. The summed E-state index contributed by atoms with van der Waals surface area (Å²) < 4.78 is 15.4.